The number of hydrogen-bond donors (Lipinski definition) is 0. The van der Waals surface area contributed by atoms with E-state index in [2.05, 4.69) is 13.3 Å². The predicted octanol–water partition coefficient (Wildman–Crippen LogP) is 5.52. The summed E-state index contributed by atoms with van der Waals surface area (Å²) in [5.74, 6) is 0.922. The topological polar surface area (TPSA) is 0 Å². The molecule has 0 spiro atoms. The van der Waals surface area contributed by atoms with Gasteiger partial charge in [0.15, 0.2) is 0 Å². The van der Waals surface area contributed by atoms with E-state index in [9.17, 15) is 0 Å². The molecule has 1 saturated carbocycles. The molecule has 0 aromatic heterocycles. The van der Waals surface area contributed by atoms with Crippen molar-refractivity contribution in [1.82, 2.24) is 0 Å². The molecule has 1 aliphatic carbocycles. The number of rotatable bonds is 1. The summed E-state index contributed by atoms with van der Waals surface area (Å²) in [5, 5.41) is 0. The largest absolute Gasteiger partial charge is 0.0620 e. The zero-order valence-corrected chi connectivity index (χ0v) is 10.6. The Morgan fingerprint density at radius 1 is 0.600 bits per heavy atom. The van der Waals surface area contributed by atoms with E-state index >= 15 is 0 Å². The molecule has 0 bridgehead atoms. The first kappa shape index (κ1) is 13.1. The smallest absolute Gasteiger partial charge is 0.0386 e. The molecule has 1 aliphatic rings. The van der Waals surface area contributed by atoms with Gasteiger partial charge in [0, 0.05) is 0 Å². The van der Waals surface area contributed by atoms with Gasteiger partial charge in [0.05, 0.1) is 0 Å². The van der Waals surface area contributed by atoms with Crippen LogP contribution in [0.4, 0.5) is 0 Å². The normalized spacial score (nSPS) is 23.8. The molecule has 15 heavy (non-hydrogen) atoms. The average Bonchev–Trinajstić information content (AvgIpc) is 2.29. The van der Waals surface area contributed by atoms with Crippen molar-refractivity contribution in [3.63, 3.8) is 0 Å². The minimum Gasteiger partial charge on any atom is -0.0620 e. The highest BCUT2D eigenvalue weighted by Gasteiger charge is 2.06. The third kappa shape index (κ3) is 6.98. The van der Waals surface area contributed by atoms with Crippen molar-refractivity contribution < 1.29 is 0 Å². The highest BCUT2D eigenvalue weighted by molar-refractivity contribution is 4.71. The number of hydrogen-bond acceptors (Lipinski definition) is 0. The molecule has 0 aliphatic heterocycles. The van der Waals surface area contributed by atoms with E-state index in [-0.39, 0.29) is 0 Å². The van der Waals surface area contributed by atoms with Crippen LogP contribution in [-0.2, 0) is 0 Å². The molecule has 0 unspecified atom stereocenters. The summed E-state index contributed by atoms with van der Waals surface area (Å²) < 4.78 is 0. The van der Waals surface area contributed by atoms with Crippen LogP contribution in [0.1, 0.15) is 84.0 Å². The Hall–Kier alpha value is 0. The van der Waals surface area contributed by atoms with Gasteiger partial charge in [-0.3, -0.25) is 0 Å². The maximum absolute atomic E-state index is 2.44. The summed E-state index contributed by atoms with van der Waals surface area (Å²) in [7, 11) is 0. The van der Waals surface area contributed by atoms with Gasteiger partial charge in [-0.2, -0.15) is 0 Å². The lowest BCUT2D eigenvalue weighted by molar-refractivity contribution is 0.454. The summed E-state index contributed by atoms with van der Waals surface area (Å²) in [6.45, 7) is 2.25. The summed E-state index contributed by atoms with van der Waals surface area (Å²) in [5.41, 5.74) is 0. The van der Waals surface area contributed by atoms with Crippen molar-refractivity contribution in [2.75, 3.05) is 0 Å². The van der Waals surface area contributed by atoms with Crippen molar-refractivity contribution >= 4 is 0 Å². The van der Waals surface area contributed by atoms with Crippen molar-refractivity contribution in [2.24, 2.45) is 5.92 Å². The molecule has 0 nitrogen and oxygen atoms in total. The van der Waals surface area contributed by atoms with Gasteiger partial charge in [0.2, 0.25) is 0 Å². The molecule has 0 heterocycles. The second-order valence-electron chi connectivity index (χ2n) is 5.21. The van der Waals surface area contributed by atoms with Gasteiger partial charge in [-0.1, -0.05) is 84.0 Å². The van der Waals surface area contributed by atoms with Crippen LogP contribution in [0, 0.1) is 12.3 Å². The highest BCUT2D eigenvalue weighted by Crippen LogP contribution is 2.22. The molecular weight excluding hydrogens is 180 g/mol. The van der Waals surface area contributed by atoms with Crippen molar-refractivity contribution in [3.05, 3.63) is 6.42 Å². The second kappa shape index (κ2) is 9.24. The average molecular weight is 209 g/mol. The first-order valence-corrected chi connectivity index (χ1v) is 7.23. The zero-order chi connectivity index (χ0) is 10.8. The lowest BCUT2D eigenvalue weighted by atomic mass is 9.93. The van der Waals surface area contributed by atoms with Crippen LogP contribution in [0.25, 0.3) is 0 Å². The van der Waals surface area contributed by atoms with E-state index in [0.29, 0.717) is 0 Å². The SMILES string of the molecule is C[CH]C1CCCCCCCCCCCC1. The van der Waals surface area contributed by atoms with Crippen LogP contribution >= 0.6 is 0 Å². The Kier molecular flexibility index (Phi) is 8.05. The fourth-order valence-corrected chi connectivity index (χ4v) is 2.70. The van der Waals surface area contributed by atoms with Crippen LogP contribution in [0.5, 0.6) is 0 Å². The monoisotopic (exact) mass is 209 g/mol. The Bertz CT molecular complexity index is 114. The van der Waals surface area contributed by atoms with Crippen molar-refractivity contribution in [2.45, 2.75) is 84.0 Å². The van der Waals surface area contributed by atoms with Gasteiger partial charge < -0.3 is 0 Å². The molecular formula is C15H29. The van der Waals surface area contributed by atoms with Crippen LogP contribution in [0.15, 0.2) is 0 Å². The maximum atomic E-state index is 2.44. The second-order valence-corrected chi connectivity index (χ2v) is 5.21. The molecule has 0 atom stereocenters. The summed E-state index contributed by atoms with van der Waals surface area (Å²) >= 11 is 0. The van der Waals surface area contributed by atoms with Crippen molar-refractivity contribution in [1.29, 1.82) is 0 Å². The van der Waals surface area contributed by atoms with Gasteiger partial charge in [0.25, 0.3) is 0 Å². The van der Waals surface area contributed by atoms with Crippen LogP contribution in [0.2, 0.25) is 0 Å². The quantitative estimate of drug-likeness (QED) is 0.533. The Labute approximate surface area is 96.8 Å². The molecule has 89 valence electrons. The Morgan fingerprint density at radius 3 is 1.27 bits per heavy atom. The molecule has 0 N–H and O–H groups in total. The fourth-order valence-electron chi connectivity index (χ4n) is 2.70. The molecule has 0 heteroatoms. The van der Waals surface area contributed by atoms with E-state index in [1.54, 1.807) is 0 Å². The maximum Gasteiger partial charge on any atom is -0.0386 e. The summed E-state index contributed by atoms with van der Waals surface area (Å²) in [4.78, 5) is 0. The minimum absolute atomic E-state index is 0.922. The van der Waals surface area contributed by atoms with E-state index in [0.717, 1.165) is 5.92 Å². The molecule has 1 radical (unpaired) electrons. The third-order valence-corrected chi connectivity index (χ3v) is 3.87. The molecule has 1 rings (SSSR count). The van der Waals surface area contributed by atoms with E-state index in [1.165, 1.54) is 77.0 Å². The van der Waals surface area contributed by atoms with Crippen LogP contribution in [-0.4, -0.2) is 0 Å². The standard InChI is InChI=1S/C15H29/c1-2-15-13-11-9-7-5-3-4-6-8-10-12-14-15/h2,15H,3-14H2,1H3. The van der Waals surface area contributed by atoms with Gasteiger partial charge >= 0.3 is 0 Å². The van der Waals surface area contributed by atoms with Gasteiger partial charge in [-0.25, -0.2) is 0 Å². The molecule has 0 aromatic carbocycles. The van der Waals surface area contributed by atoms with Gasteiger partial charge in [0.1, 0.15) is 0 Å². The van der Waals surface area contributed by atoms with E-state index in [1.807, 2.05) is 0 Å². The van der Waals surface area contributed by atoms with Gasteiger partial charge in [-0.15, -0.1) is 0 Å². The molecule has 0 saturated heterocycles. The van der Waals surface area contributed by atoms with Crippen molar-refractivity contribution in [3.8, 4) is 0 Å². The lowest BCUT2D eigenvalue weighted by Crippen LogP contribution is -1.99. The third-order valence-electron chi connectivity index (χ3n) is 3.87. The Balaban J connectivity index is 2.17. The molecule has 0 amide bonds. The first-order chi connectivity index (χ1) is 7.43. The van der Waals surface area contributed by atoms with Gasteiger partial charge in [-0.05, 0) is 12.3 Å². The summed E-state index contributed by atoms with van der Waals surface area (Å²) in [6.07, 6.45) is 20.2. The first-order valence-electron chi connectivity index (χ1n) is 7.23. The molecule has 1 fully saturated rings. The lowest BCUT2D eigenvalue weighted by Gasteiger charge is -2.13. The highest BCUT2D eigenvalue weighted by atomic mass is 14.1. The molecule has 0 aromatic rings. The van der Waals surface area contributed by atoms with E-state index < -0.39 is 0 Å². The Morgan fingerprint density at radius 2 is 0.933 bits per heavy atom. The van der Waals surface area contributed by atoms with Crippen LogP contribution < -0.4 is 0 Å². The van der Waals surface area contributed by atoms with E-state index in [4.69, 9.17) is 0 Å². The minimum atomic E-state index is 0.922. The predicted molar refractivity (Wildman–Crippen MR) is 68.9 cm³/mol. The fraction of sp³-hybridized carbons (Fsp3) is 0.933. The zero-order valence-electron chi connectivity index (χ0n) is 10.6. The summed E-state index contributed by atoms with van der Waals surface area (Å²) in [6, 6.07) is 0. The van der Waals surface area contributed by atoms with Crippen LogP contribution in [0.3, 0.4) is 0 Å².